The van der Waals surface area contributed by atoms with Crippen molar-refractivity contribution in [2.45, 2.75) is 130 Å². The molecule has 0 aromatic heterocycles. The lowest BCUT2D eigenvalue weighted by Gasteiger charge is -2.62. The van der Waals surface area contributed by atoms with E-state index >= 15 is 0 Å². The quantitative estimate of drug-likeness (QED) is 0.444. The lowest BCUT2D eigenvalue weighted by molar-refractivity contribution is -0.290. The summed E-state index contributed by atoms with van der Waals surface area (Å²) in [6, 6.07) is 0. The minimum absolute atomic E-state index is 0.0143. The third kappa shape index (κ3) is 4.30. The van der Waals surface area contributed by atoms with Crippen molar-refractivity contribution in [1.82, 2.24) is 0 Å². The van der Waals surface area contributed by atoms with Crippen LogP contribution in [0.3, 0.4) is 0 Å². The molecular formula is C28H47F3O2. The van der Waals surface area contributed by atoms with Crippen molar-refractivity contribution in [3.8, 4) is 0 Å². The SMILES string of the molecule is CC(C)(C)C(O)CCC[C@@H]1CC[C@H]2[C@@H]3CC[C@H]4C[C@](O)(C(F)(F)F)CC[C@]4(C)[C@H]3CC[C@]12C. The molecule has 2 nitrogen and oxygen atoms in total. The minimum Gasteiger partial charge on any atom is -0.393 e. The van der Waals surface area contributed by atoms with E-state index in [-0.39, 0.29) is 35.7 Å². The third-order valence-electron chi connectivity index (χ3n) is 11.5. The monoisotopic (exact) mass is 472 g/mol. The highest BCUT2D eigenvalue weighted by Gasteiger charge is 2.64. The normalized spacial score (nSPS) is 46.9. The molecule has 0 saturated heterocycles. The third-order valence-corrected chi connectivity index (χ3v) is 11.5. The Morgan fingerprint density at radius 1 is 0.879 bits per heavy atom. The average Bonchev–Trinajstić information content (AvgIpc) is 3.03. The van der Waals surface area contributed by atoms with Crippen LogP contribution in [-0.2, 0) is 0 Å². The van der Waals surface area contributed by atoms with E-state index in [1.807, 2.05) is 0 Å². The second-order valence-electron chi connectivity index (χ2n) is 14.0. The number of fused-ring (bicyclic) bond motifs is 5. The van der Waals surface area contributed by atoms with Gasteiger partial charge >= 0.3 is 6.18 Å². The predicted octanol–water partition coefficient (Wildman–Crippen LogP) is 7.52. The molecule has 0 heterocycles. The molecule has 4 rings (SSSR count). The van der Waals surface area contributed by atoms with Crippen LogP contribution in [0.1, 0.15) is 112 Å². The summed E-state index contributed by atoms with van der Waals surface area (Å²) in [5.41, 5.74) is -2.26. The van der Waals surface area contributed by atoms with Crippen molar-refractivity contribution in [2.75, 3.05) is 0 Å². The van der Waals surface area contributed by atoms with E-state index < -0.39 is 11.8 Å². The standard InChI is InChI=1S/C28H47F3O2/c1-24(2,3)23(32)8-6-7-18-10-12-21-20-11-9-19-17-27(33,28(29,30)31)16-15-26(19,5)22(20)13-14-25(18,21)4/h18-23,32-33H,6-17H2,1-5H3/t18-,19+,20+,21+,22+,23?,25-,26+,27+/m1/s1. The molecule has 4 saturated carbocycles. The van der Waals surface area contributed by atoms with Gasteiger partial charge in [0.2, 0.25) is 0 Å². The Labute approximate surface area is 199 Å². The lowest BCUT2D eigenvalue weighted by Crippen LogP contribution is -2.59. The lowest BCUT2D eigenvalue weighted by atomic mass is 9.43. The van der Waals surface area contributed by atoms with Crippen LogP contribution in [0.5, 0.6) is 0 Å². The van der Waals surface area contributed by atoms with Crippen LogP contribution in [0, 0.1) is 45.8 Å². The molecule has 4 aliphatic rings. The summed E-state index contributed by atoms with van der Waals surface area (Å²) in [6.45, 7) is 11.1. The summed E-state index contributed by atoms with van der Waals surface area (Å²) < 4.78 is 40.7. The fourth-order valence-corrected chi connectivity index (χ4v) is 9.08. The topological polar surface area (TPSA) is 40.5 Å². The number of halogens is 3. The zero-order valence-electron chi connectivity index (χ0n) is 21.5. The molecule has 33 heavy (non-hydrogen) atoms. The van der Waals surface area contributed by atoms with Crippen molar-refractivity contribution < 1.29 is 23.4 Å². The summed E-state index contributed by atoms with van der Waals surface area (Å²) >= 11 is 0. The van der Waals surface area contributed by atoms with Gasteiger partial charge in [-0.25, -0.2) is 0 Å². The summed E-state index contributed by atoms with van der Waals surface area (Å²) in [7, 11) is 0. The number of alkyl halides is 3. The Morgan fingerprint density at radius 2 is 1.55 bits per heavy atom. The van der Waals surface area contributed by atoms with Crippen molar-refractivity contribution in [3.05, 3.63) is 0 Å². The summed E-state index contributed by atoms with van der Waals surface area (Å²) in [5, 5.41) is 20.9. The van der Waals surface area contributed by atoms with Gasteiger partial charge in [0, 0.05) is 0 Å². The van der Waals surface area contributed by atoms with Gasteiger partial charge in [-0.2, -0.15) is 13.2 Å². The van der Waals surface area contributed by atoms with E-state index in [9.17, 15) is 23.4 Å². The molecule has 0 spiro atoms. The van der Waals surface area contributed by atoms with Crippen LogP contribution >= 0.6 is 0 Å². The zero-order valence-corrected chi connectivity index (χ0v) is 21.5. The van der Waals surface area contributed by atoms with Gasteiger partial charge < -0.3 is 10.2 Å². The van der Waals surface area contributed by atoms with Gasteiger partial charge in [-0.05, 0) is 116 Å². The summed E-state index contributed by atoms with van der Waals surface area (Å²) in [5.74, 6) is 2.53. The van der Waals surface area contributed by atoms with Crippen molar-refractivity contribution in [3.63, 3.8) is 0 Å². The first-order valence-electron chi connectivity index (χ1n) is 13.6. The zero-order chi connectivity index (χ0) is 24.4. The number of aliphatic hydroxyl groups excluding tert-OH is 1. The summed E-state index contributed by atoms with van der Waals surface area (Å²) in [4.78, 5) is 0. The number of hydrogen-bond donors (Lipinski definition) is 2. The van der Waals surface area contributed by atoms with Crippen LogP contribution < -0.4 is 0 Å². The molecule has 2 N–H and O–H groups in total. The van der Waals surface area contributed by atoms with E-state index in [2.05, 4.69) is 34.6 Å². The van der Waals surface area contributed by atoms with E-state index in [0.717, 1.165) is 32.1 Å². The van der Waals surface area contributed by atoms with Crippen LogP contribution in [0.15, 0.2) is 0 Å². The Morgan fingerprint density at radius 3 is 2.18 bits per heavy atom. The Balaban J connectivity index is 1.43. The van der Waals surface area contributed by atoms with E-state index in [1.165, 1.54) is 25.7 Å². The van der Waals surface area contributed by atoms with Crippen LogP contribution in [0.4, 0.5) is 13.2 Å². The molecule has 4 fully saturated rings. The maximum atomic E-state index is 13.6. The molecule has 192 valence electrons. The smallest absolute Gasteiger partial charge is 0.393 e. The van der Waals surface area contributed by atoms with Crippen LogP contribution in [-0.4, -0.2) is 28.1 Å². The van der Waals surface area contributed by atoms with Crippen molar-refractivity contribution in [2.24, 2.45) is 45.8 Å². The molecule has 0 amide bonds. The average molecular weight is 473 g/mol. The van der Waals surface area contributed by atoms with Gasteiger partial charge in [-0.15, -0.1) is 0 Å². The van der Waals surface area contributed by atoms with Gasteiger partial charge in [-0.3, -0.25) is 0 Å². The van der Waals surface area contributed by atoms with Crippen LogP contribution in [0.25, 0.3) is 0 Å². The van der Waals surface area contributed by atoms with E-state index in [4.69, 9.17) is 0 Å². The van der Waals surface area contributed by atoms with Gasteiger partial charge in [0.1, 0.15) is 0 Å². The molecule has 0 bridgehead atoms. The molecule has 0 radical (unpaired) electrons. The molecule has 0 aromatic rings. The summed E-state index contributed by atoms with van der Waals surface area (Å²) in [6.07, 6.45) is 5.37. The Hall–Kier alpha value is -0.290. The van der Waals surface area contributed by atoms with E-state index in [0.29, 0.717) is 35.5 Å². The molecule has 0 aliphatic heterocycles. The molecule has 1 unspecified atom stereocenters. The second kappa shape index (κ2) is 8.39. The van der Waals surface area contributed by atoms with Crippen LogP contribution in [0.2, 0.25) is 0 Å². The molecular weight excluding hydrogens is 425 g/mol. The van der Waals surface area contributed by atoms with Gasteiger partial charge in [0.25, 0.3) is 0 Å². The number of rotatable bonds is 4. The van der Waals surface area contributed by atoms with Crippen molar-refractivity contribution in [1.29, 1.82) is 0 Å². The highest BCUT2D eigenvalue weighted by molar-refractivity contribution is 5.11. The number of hydrogen-bond acceptors (Lipinski definition) is 2. The highest BCUT2D eigenvalue weighted by Crippen LogP contribution is 2.69. The fraction of sp³-hybridized carbons (Fsp3) is 1.00. The first-order chi connectivity index (χ1) is 15.1. The largest absolute Gasteiger partial charge is 0.417 e. The number of aliphatic hydroxyl groups is 2. The molecule has 9 atom stereocenters. The molecule has 4 aliphatic carbocycles. The maximum absolute atomic E-state index is 13.6. The van der Waals surface area contributed by atoms with Gasteiger partial charge in [0.15, 0.2) is 5.60 Å². The second-order valence-corrected chi connectivity index (χ2v) is 14.0. The first kappa shape index (κ1) is 25.8. The minimum atomic E-state index is -4.52. The van der Waals surface area contributed by atoms with Gasteiger partial charge in [0.05, 0.1) is 6.10 Å². The van der Waals surface area contributed by atoms with E-state index in [1.54, 1.807) is 0 Å². The molecule has 0 aromatic carbocycles. The first-order valence-corrected chi connectivity index (χ1v) is 13.6. The highest BCUT2D eigenvalue weighted by atomic mass is 19.4. The van der Waals surface area contributed by atoms with Crippen molar-refractivity contribution >= 4 is 0 Å². The Bertz CT molecular complexity index is 715. The van der Waals surface area contributed by atoms with Gasteiger partial charge in [-0.1, -0.05) is 41.0 Å². The molecule has 5 heteroatoms. The maximum Gasteiger partial charge on any atom is 0.417 e. The fourth-order valence-electron chi connectivity index (χ4n) is 9.08. The predicted molar refractivity (Wildman–Crippen MR) is 126 cm³/mol. The Kier molecular flexibility index (Phi) is 6.56.